The Bertz CT molecular complexity index is 366. The predicted octanol–water partition coefficient (Wildman–Crippen LogP) is 3.68. The van der Waals surface area contributed by atoms with Gasteiger partial charge in [0.1, 0.15) is 5.75 Å². The predicted molar refractivity (Wildman–Crippen MR) is 79.4 cm³/mol. The van der Waals surface area contributed by atoms with E-state index >= 15 is 0 Å². The Morgan fingerprint density at radius 1 is 1.28 bits per heavy atom. The van der Waals surface area contributed by atoms with Gasteiger partial charge in [-0.3, -0.25) is 0 Å². The van der Waals surface area contributed by atoms with Crippen LogP contribution in [0.4, 0.5) is 11.4 Å². The Morgan fingerprint density at radius 3 is 2.61 bits per heavy atom. The fraction of sp³-hybridized carbons (Fsp3) is 0.600. The molecule has 0 bridgehead atoms. The van der Waals surface area contributed by atoms with Gasteiger partial charge in [0.05, 0.1) is 12.3 Å². The zero-order chi connectivity index (χ0) is 13.5. The number of hydrogen-bond acceptors (Lipinski definition) is 3. The molecule has 0 aliphatic carbocycles. The Labute approximate surface area is 111 Å². The summed E-state index contributed by atoms with van der Waals surface area (Å²) in [4.78, 5) is 2.28. The fourth-order valence-electron chi connectivity index (χ4n) is 1.95. The zero-order valence-electron chi connectivity index (χ0n) is 12.1. The molecular weight excluding hydrogens is 224 g/mol. The average Bonchev–Trinajstić information content (AvgIpc) is 2.37. The molecule has 0 aliphatic rings. The molecule has 3 heteroatoms. The molecule has 0 heterocycles. The minimum atomic E-state index is 0.526. The van der Waals surface area contributed by atoms with Gasteiger partial charge in [-0.25, -0.2) is 0 Å². The Hall–Kier alpha value is -1.38. The third-order valence-corrected chi connectivity index (χ3v) is 3.23. The van der Waals surface area contributed by atoms with Crippen molar-refractivity contribution >= 4 is 11.4 Å². The van der Waals surface area contributed by atoms with Gasteiger partial charge < -0.3 is 15.4 Å². The van der Waals surface area contributed by atoms with Gasteiger partial charge in [-0.05, 0) is 31.9 Å². The summed E-state index contributed by atoms with van der Waals surface area (Å²) < 4.78 is 5.66. The Balaban J connectivity index is 2.82. The number of rotatable bonds is 7. The van der Waals surface area contributed by atoms with Crippen LogP contribution in [0.15, 0.2) is 18.2 Å². The van der Waals surface area contributed by atoms with Gasteiger partial charge in [0.25, 0.3) is 0 Å². The van der Waals surface area contributed by atoms with Crippen molar-refractivity contribution in [1.82, 2.24) is 0 Å². The van der Waals surface area contributed by atoms with Crippen LogP contribution in [0.1, 0.15) is 40.0 Å². The maximum absolute atomic E-state index is 5.92. The third kappa shape index (κ3) is 3.83. The molecule has 1 atom stereocenters. The van der Waals surface area contributed by atoms with Gasteiger partial charge >= 0.3 is 0 Å². The lowest BCUT2D eigenvalue weighted by atomic mass is 10.1. The van der Waals surface area contributed by atoms with Crippen molar-refractivity contribution in [3.63, 3.8) is 0 Å². The highest BCUT2D eigenvalue weighted by Gasteiger charge is 2.11. The average molecular weight is 250 g/mol. The van der Waals surface area contributed by atoms with Crippen molar-refractivity contribution < 1.29 is 4.74 Å². The van der Waals surface area contributed by atoms with E-state index in [2.05, 4.69) is 38.8 Å². The summed E-state index contributed by atoms with van der Waals surface area (Å²) in [6.45, 7) is 7.26. The van der Waals surface area contributed by atoms with E-state index in [9.17, 15) is 0 Å². The van der Waals surface area contributed by atoms with Gasteiger partial charge in [-0.1, -0.05) is 20.3 Å². The van der Waals surface area contributed by atoms with Crippen LogP contribution in [-0.4, -0.2) is 19.7 Å². The van der Waals surface area contributed by atoms with Gasteiger partial charge in [0, 0.05) is 24.8 Å². The summed E-state index contributed by atoms with van der Waals surface area (Å²) in [6, 6.07) is 6.55. The molecule has 18 heavy (non-hydrogen) atoms. The molecule has 0 saturated heterocycles. The highest BCUT2D eigenvalue weighted by molar-refractivity contribution is 5.62. The summed E-state index contributed by atoms with van der Waals surface area (Å²) in [7, 11) is 2.12. The molecule has 0 aliphatic heterocycles. The molecule has 0 aromatic heterocycles. The highest BCUT2D eigenvalue weighted by atomic mass is 16.5. The first kappa shape index (κ1) is 14.7. The zero-order valence-corrected chi connectivity index (χ0v) is 12.1. The van der Waals surface area contributed by atoms with Crippen molar-refractivity contribution in [3.8, 4) is 5.75 Å². The standard InChI is InChI=1S/C15H26N2O/c1-5-7-12(3)17(4)13-8-9-14(16)15(11-13)18-10-6-2/h8-9,11-12H,5-7,10,16H2,1-4H3. The minimum Gasteiger partial charge on any atom is -0.491 e. The molecule has 0 radical (unpaired) electrons. The smallest absolute Gasteiger partial charge is 0.144 e. The van der Waals surface area contributed by atoms with Gasteiger partial charge in [0.2, 0.25) is 0 Å². The van der Waals surface area contributed by atoms with Gasteiger partial charge in [-0.15, -0.1) is 0 Å². The lowest BCUT2D eigenvalue weighted by molar-refractivity contribution is 0.319. The van der Waals surface area contributed by atoms with Crippen molar-refractivity contribution in [1.29, 1.82) is 0 Å². The summed E-state index contributed by atoms with van der Waals surface area (Å²) >= 11 is 0. The van der Waals surface area contributed by atoms with Gasteiger partial charge in [0.15, 0.2) is 0 Å². The van der Waals surface area contributed by atoms with Gasteiger partial charge in [-0.2, -0.15) is 0 Å². The minimum absolute atomic E-state index is 0.526. The number of nitrogens with zero attached hydrogens (tertiary/aromatic N) is 1. The van der Waals surface area contributed by atoms with Crippen LogP contribution in [0.5, 0.6) is 5.75 Å². The molecule has 0 fully saturated rings. The van der Waals surface area contributed by atoms with Crippen molar-refractivity contribution in [2.45, 2.75) is 46.1 Å². The second-order valence-corrected chi connectivity index (χ2v) is 4.82. The van der Waals surface area contributed by atoms with E-state index in [1.165, 1.54) is 12.8 Å². The van der Waals surface area contributed by atoms with E-state index in [0.29, 0.717) is 18.3 Å². The fourth-order valence-corrected chi connectivity index (χ4v) is 1.95. The van der Waals surface area contributed by atoms with Crippen molar-refractivity contribution in [3.05, 3.63) is 18.2 Å². The Kier molecular flexibility index (Phi) is 5.83. The number of nitrogen functional groups attached to an aromatic ring is 1. The molecule has 3 nitrogen and oxygen atoms in total. The van der Waals surface area contributed by atoms with E-state index in [4.69, 9.17) is 10.5 Å². The number of nitrogens with two attached hydrogens (primary N) is 1. The van der Waals surface area contributed by atoms with E-state index in [-0.39, 0.29) is 0 Å². The van der Waals surface area contributed by atoms with Crippen LogP contribution in [0, 0.1) is 0 Å². The molecular formula is C15H26N2O. The molecule has 1 unspecified atom stereocenters. The summed E-state index contributed by atoms with van der Waals surface area (Å²) in [5, 5.41) is 0. The summed E-state index contributed by atoms with van der Waals surface area (Å²) in [5.41, 5.74) is 7.80. The van der Waals surface area contributed by atoms with Crippen LogP contribution < -0.4 is 15.4 Å². The third-order valence-electron chi connectivity index (χ3n) is 3.23. The number of benzene rings is 1. The summed E-state index contributed by atoms with van der Waals surface area (Å²) in [6.07, 6.45) is 3.37. The molecule has 2 N–H and O–H groups in total. The largest absolute Gasteiger partial charge is 0.491 e. The second-order valence-electron chi connectivity index (χ2n) is 4.82. The number of ether oxygens (including phenoxy) is 1. The van der Waals surface area contributed by atoms with E-state index in [0.717, 1.165) is 17.9 Å². The molecule has 1 aromatic rings. The first-order valence-corrected chi connectivity index (χ1v) is 6.85. The van der Waals surface area contributed by atoms with E-state index in [1.54, 1.807) is 0 Å². The van der Waals surface area contributed by atoms with Crippen LogP contribution in [0.25, 0.3) is 0 Å². The maximum atomic E-state index is 5.92. The molecule has 1 rings (SSSR count). The first-order valence-electron chi connectivity index (χ1n) is 6.85. The van der Waals surface area contributed by atoms with Crippen LogP contribution >= 0.6 is 0 Å². The monoisotopic (exact) mass is 250 g/mol. The summed E-state index contributed by atoms with van der Waals surface area (Å²) in [5.74, 6) is 0.796. The van der Waals surface area contributed by atoms with Crippen molar-refractivity contribution in [2.24, 2.45) is 0 Å². The van der Waals surface area contributed by atoms with E-state index < -0.39 is 0 Å². The topological polar surface area (TPSA) is 38.5 Å². The lowest BCUT2D eigenvalue weighted by Crippen LogP contribution is -2.28. The highest BCUT2D eigenvalue weighted by Crippen LogP contribution is 2.28. The molecule has 0 amide bonds. The molecule has 102 valence electrons. The molecule has 0 spiro atoms. The lowest BCUT2D eigenvalue weighted by Gasteiger charge is -2.27. The second kappa shape index (κ2) is 7.14. The normalized spacial score (nSPS) is 12.2. The SMILES string of the molecule is CCCOc1cc(N(C)C(C)CCC)ccc1N. The Morgan fingerprint density at radius 2 is 2.00 bits per heavy atom. The first-order chi connectivity index (χ1) is 8.60. The maximum Gasteiger partial charge on any atom is 0.144 e. The van der Waals surface area contributed by atoms with Crippen LogP contribution in [0.3, 0.4) is 0 Å². The molecule has 0 saturated carbocycles. The van der Waals surface area contributed by atoms with E-state index in [1.807, 2.05) is 12.1 Å². The van der Waals surface area contributed by atoms with Crippen LogP contribution in [-0.2, 0) is 0 Å². The van der Waals surface area contributed by atoms with Crippen LogP contribution in [0.2, 0.25) is 0 Å². The quantitative estimate of drug-likeness (QED) is 0.750. The van der Waals surface area contributed by atoms with Crippen molar-refractivity contribution in [2.75, 3.05) is 24.3 Å². The number of hydrogen-bond donors (Lipinski definition) is 1. The molecule has 1 aromatic carbocycles. The number of anilines is 2.